The Morgan fingerprint density at radius 3 is 2.83 bits per heavy atom. The number of nitrogens with zero attached hydrogens (tertiary/aromatic N) is 1. The first kappa shape index (κ1) is 20.7. The smallest absolute Gasteiger partial charge is 0.257 e. The van der Waals surface area contributed by atoms with Gasteiger partial charge in [0.05, 0.1) is 22.8 Å². The van der Waals surface area contributed by atoms with E-state index >= 15 is 0 Å². The summed E-state index contributed by atoms with van der Waals surface area (Å²) in [7, 11) is 1.46. The van der Waals surface area contributed by atoms with E-state index in [0.717, 1.165) is 17.5 Å². The molecule has 4 rings (SSSR count). The molecule has 2 aromatic rings. The monoisotopic (exact) mass is 430 g/mol. The normalized spacial score (nSPS) is 20.3. The SMILES string of the molecule is CNC(=O)c1ccc(Cc2cc3c(c(Cl)c2C)OC[C@@H]2C[C@@H](C)N(C2)C3=O)cc1F. The number of hydrogen-bond acceptors (Lipinski definition) is 3. The maximum Gasteiger partial charge on any atom is 0.257 e. The minimum Gasteiger partial charge on any atom is -0.491 e. The Morgan fingerprint density at radius 2 is 2.13 bits per heavy atom. The number of fused-ring (bicyclic) bond motifs is 3. The summed E-state index contributed by atoms with van der Waals surface area (Å²) < 4.78 is 20.4. The van der Waals surface area contributed by atoms with Crippen molar-refractivity contribution in [1.29, 1.82) is 0 Å². The Kier molecular flexibility index (Phi) is 5.45. The molecule has 2 aliphatic rings. The first-order valence-electron chi connectivity index (χ1n) is 10.1. The molecule has 0 aromatic heterocycles. The van der Waals surface area contributed by atoms with E-state index in [-0.39, 0.29) is 17.5 Å². The lowest BCUT2D eigenvalue weighted by Crippen LogP contribution is -2.36. The molecule has 0 spiro atoms. The van der Waals surface area contributed by atoms with E-state index in [0.29, 0.717) is 47.4 Å². The third-order valence-electron chi connectivity index (χ3n) is 6.09. The fourth-order valence-electron chi connectivity index (χ4n) is 4.37. The van der Waals surface area contributed by atoms with Crippen molar-refractivity contribution in [3.63, 3.8) is 0 Å². The van der Waals surface area contributed by atoms with E-state index < -0.39 is 11.7 Å². The van der Waals surface area contributed by atoms with Crippen LogP contribution in [0.1, 0.15) is 50.8 Å². The molecule has 30 heavy (non-hydrogen) atoms. The Balaban J connectivity index is 1.71. The number of ether oxygens (including phenoxy) is 1. The lowest BCUT2D eigenvalue weighted by Gasteiger charge is -2.26. The first-order valence-corrected chi connectivity index (χ1v) is 10.4. The van der Waals surface area contributed by atoms with E-state index in [1.165, 1.54) is 19.2 Å². The van der Waals surface area contributed by atoms with E-state index in [9.17, 15) is 14.0 Å². The molecule has 2 heterocycles. The predicted molar refractivity (Wildman–Crippen MR) is 113 cm³/mol. The van der Waals surface area contributed by atoms with Crippen LogP contribution in [0.4, 0.5) is 4.39 Å². The number of carbonyl (C=O) groups is 2. The average molecular weight is 431 g/mol. The lowest BCUT2D eigenvalue weighted by molar-refractivity contribution is 0.0723. The van der Waals surface area contributed by atoms with Crippen LogP contribution in [-0.2, 0) is 6.42 Å². The number of hydrogen-bond donors (Lipinski definition) is 1. The Hall–Kier alpha value is -2.60. The van der Waals surface area contributed by atoms with Gasteiger partial charge in [-0.1, -0.05) is 17.7 Å². The molecule has 2 amide bonds. The number of carbonyl (C=O) groups excluding carboxylic acids is 2. The molecule has 2 bridgehead atoms. The Labute approximate surface area is 180 Å². The molecule has 1 saturated heterocycles. The number of nitrogens with one attached hydrogen (secondary N) is 1. The Bertz CT molecular complexity index is 1040. The zero-order valence-corrected chi connectivity index (χ0v) is 18.0. The van der Waals surface area contributed by atoms with Crippen LogP contribution >= 0.6 is 11.6 Å². The highest BCUT2D eigenvalue weighted by Gasteiger charge is 2.37. The van der Waals surface area contributed by atoms with Crippen LogP contribution < -0.4 is 10.1 Å². The van der Waals surface area contributed by atoms with Gasteiger partial charge in [0.25, 0.3) is 11.8 Å². The van der Waals surface area contributed by atoms with Gasteiger partial charge in [-0.2, -0.15) is 0 Å². The predicted octanol–water partition coefficient (Wildman–Crippen LogP) is 3.98. The maximum absolute atomic E-state index is 14.4. The van der Waals surface area contributed by atoms with Gasteiger partial charge in [-0.25, -0.2) is 4.39 Å². The van der Waals surface area contributed by atoms with Crippen molar-refractivity contribution in [1.82, 2.24) is 10.2 Å². The van der Waals surface area contributed by atoms with Crippen LogP contribution in [0.25, 0.3) is 0 Å². The second-order valence-corrected chi connectivity index (χ2v) is 8.52. The van der Waals surface area contributed by atoms with Crippen molar-refractivity contribution >= 4 is 23.4 Å². The van der Waals surface area contributed by atoms with Crippen LogP contribution in [-0.4, -0.2) is 43.0 Å². The van der Waals surface area contributed by atoms with Crippen molar-refractivity contribution in [3.8, 4) is 5.75 Å². The van der Waals surface area contributed by atoms with Crippen molar-refractivity contribution < 1.29 is 18.7 Å². The molecule has 0 aliphatic carbocycles. The summed E-state index contributed by atoms with van der Waals surface area (Å²) in [4.78, 5) is 26.8. The summed E-state index contributed by atoms with van der Waals surface area (Å²) in [6, 6.07) is 6.50. The fraction of sp³-hybridized carbons (Fsp3) is 0.391. The van der Waals surface area contributed by atoms with Gasteiger partial charge in [-0.3, -0.25) is 9.59 Å². The van der Waals surface area contributed by atoms with Crippen molar-refractivity contribution in [2.75, 3.05) is 20.2 Å². The molecule has 0 saturated carbocycles. The summed E-state index contributed by atoms with van der Waals surface area (Å²) in [5, 5.41) is 2.85. The van der Waals surface area contributed by atoms with Gasteiger partial charge in [0, 0.05) is 25.6 Å². The van der Waals surface area contributed by atoms with Crippen LogP contribution in [0, 0.1) is 18.7 Å². The quantitative estimate of drug-likeness (QED) is 0.801. The minimum absolute atomic E-state index is 0.00432. The highest BCUT2D eigenvalue weighted by molar-refractivity contribution is 6.33. The van der Waals surface area contributed by atoms with Gasteiger partial charge >= 0.3 is 0 Å². The number of benzene rings is 2. The molecule has 2 aromatic carbocycles. The largest absolute Gasteiger partial charge is 0.491 e. The second-order valence-electron chi connectivity index (χ2n) is 8.14. The zero-order valence-electron chi connectivity index (χ0n) is 17.2. The fourth-order valence-corrected chi connectivity index (χ4v) is 4.65. The van der Waals surface area contributed by atoms with Crippen LogP contribution in [0.3, 0.4) is 0 Å². The number of halogens is 2. The van der Waals surface area contributed by atoms with Gasteiger partial charge in [0.15, 0.2) is 5.75 Å². The highest BCUT2D eigenvalue weighted by Crippen LogP contribution is 2.39. The molecule has 7 heteroatoms. The molecule has 1 fully saturated rings. The molecule has 1 N–H and O–H groups in total. The van der Waals surface area contributed by atoms with Gasteiger partial charge < -0.3 is 15.0 Å². The standard InChI is InChI=1S/C23H24ClFN2O3/c1-12-6-15-10-27(12)23(29)18-9-16(13(2)20(24)21(18)30-11-15)7-14-4-5-17(19(25)8-14)22(28)26-3/h4-5,8-9,12,15H,6-7,10-11H2,1-3H3,(H,26,28)/t12-,15-/m1/s1. The van der Waals surface area contributed by atoms with E-state index in [1.54, 1.807) is 6.07 Å². The highest BCUT2D eigenvalue weighted by atomic mass is 35.5. The molecule has 2 atom stereocenters. The van der Waals surface area contributed by atoms with Gasteiger partial charge in [0.2, 0.25) is 0 Å². The van der Waals surface area contributed by atoms with Gasteiger partial charge in [0.1, 0.15) is 5.82 Å². The zero-order chi connectivity index (χ0) is 21.6. The Morgan fingerprint density at radius 1 is 1.37 bits per heavy atom. The second kappa shape index (κ2) is 7.91. The average Bonchev–Trinajstić information content (AvgIpc) is 3.10. The van der Waals surface area contributed by atoms with Crippen molar-refractivity contribution in [2.24, 2.45) is 5.92 Å². The molecular formula is C23H24ClFN2O3. The third kappa shape index (κ3) is 3.54. The molecular weight excluding hydrogens is 407 g/mol. The first-order chi connectivity index (χ1) is 14.3. The maximum atomic E-state index is 14.4. The van der Waals surface area contributed by atoms with Crippen LogP contribution in [0.2, 0.25) is 5.02 Å². The minimum atomic E-state index is -0.585. The molecule has 0 radical (unpaired) electrons. The molecule has 0 unspecified atom stereocenters. The van der Waals surface area contributed by atoms with Crippen LogP contribution in [0.15, 0.2) is 24.3 Å². The van der Waals surface area contributed by atoms with Crippen molar-refractivity contribution in [3.05, 3.63) is 62.9 Å². The lowest BCUT2D eigenvalue weighted by atomic mass is 9.96. The van der Waals surface area contributed by atoms with Gasteiger partial charge in [-0.05, 0) is 61.6 Å². The molecule has 158 valence electrons. The van der Waals surface area contributed by atoms with Crippen molar-refractivity contribution in [2.45, 2.75) is 32.7 Å². The number of rotatable bonds is 3. The van der Waals surface area contributed by atoms with Crippen LogP contribution in [0.5, 0.6) is 5.75 Å². The number of amides is 2. The summed E-state index contributed by atoms with van der Waals surface area (Å²) in [6.45, 7) is 5.14. The van der Waals surface area contributed by atoms with E-state index in [4.69, 9.17) is 16.3 Å². The van der Waals surface area contributed by atoms with E-state index in [2.05, 4.69) is 12.2 Å². The van der Waals surface area contributed by atoms with Gasteiger partial charge in [-0.15, -0.1) is 0 Å². The summed E-state index contributed by atoms with van der Waals surface area (Å²) in [5.41, 5.74) is 2.76. The molecule has 2 aliphatic heterocycles. The third-order valence-corrected chi connectivity index (χ3v) is 6.54. The topological polar surface area (TPSA) is 58.6 Å². The summed E-state index contributed by atoms with van der Waals surface area (Å²) in [5.74, 6) is -0.384. The summed E-state index contributed by atoms with van der Waals surface area (Å²) >= 11 is 6.62. The van der Waals surface area contributed by atoms with E-state index in [1.807, 2.05) is 17.9 Å². The summed E-state index contributed by atoms with van der Waals surface area (Å²) in [6.07, 6.45) is 1.30. The molecule has 5 nitrogen and oxygen atoms in total.